The molecule has 0 amide bonds. The van der Waals surface area contributed by atoms with E-state index in [-0.39, 0.29) is 12.3 Å². The number of carbonyl (C=O) groups is 1. The number of nitrogens with zero attached hydrogens (tertiary/aromatic N) is 2. The summed E-state index contributed by atoms with van der Waals surface area (Å²) in [6, 6.07) is 9.96. The number of fused-ring (bicyclic) bond motifs is 1. The Kier molecular flexibility index (Phi) is 4.63. The van der Waals surface area contributed by atoms with Crippen LogP contribution in [0.1, 0.15) is 18.2 Å². The highest BCUT2D eigenvalue weighted by molar-refractivity contribution is 5.83. The van der Waals surface area contributed by atoms with Crippen molar-refractivity contribution in [2.45, 2.75) is 19.8 Å². The average molecular weight is 360 g/mol. The van der Waals surface area contributed by atoms with Crippen molar-refractivity contribution >= 4 is 11.6 Å². The minimum Gasteiger partial charge on any atom is -0.497 e. The molecule has 0 atom stereocenters. The van der Waals surface area contributed by atoms with E-state index in [0.717, 1.165) is 0 Å². The molecule has 0 N–H and O–H groups in total. The number of benzene rings is 1. The molecule has 0 aliphatic carbocycles. The highest BCUT2D eigenvalue weighted by atomic mass is 19.3. The van der Waals surface area contributed by atoms with Gasteiger partial charge in [0.25, 0.3) is 0 Å². The number of rotatable bonds is 5. The Bertz CT molecular complexity index is 949. The van der Waals surface area contributed by atoms with E-state index in [4.69, 9.17) is 4.74 Å². The molecule has 0 fully saturated rings. The lowest BCUT2D eigenvalue weighted by atomic mass is 10.1. The van der Waals surface area contributed by atoms with Crippen molar-refractivity contribution < 1.29 is 23.0 Å². The number of alkyl halides is 2. The third-order valence-electron chi connectivity index (χ3n) is 4.04. The van der Waals surface area contributed by atoms with Crippen LogP contribution in [-0.4, -0.2) is 29.1 Å². The molecule has 136 valence electrons. The Morgan fingerprint density at radius 1 is 1.23 bits per heavy atom. The Morgan fingerprint density at radius 2 is 1.92 bits per heavy atom. The van der Waals surface area contributed by atoms with Crippen LogP contribution in [0.3, 0.4) is 0 Å². The molecule has 3 aromatic rings. The molecule has 3 rings (SSSR count). The highest BCUT2D eigenvalue weighted by Crippen LogP contribution is 2.38. The van der Waals surface area contributed by atoms with Gasteiger partial charge in [-0.05, 0) is 49.7 Å². The van der Waals surface area contributed by atoms with Gasteiger partial charge in [0.15, 0.2) is 0 Å². The normalized spacial score (nSPS) is 11.6. The van der Waals surface area contributed by atoms with Gasteiger partial charge in [0, 0.05) is 11.8 Å². The smallest absolute Gasteiger partial charge is 0.385 e. The first-order valence-corrected chi connectivity index (χ1v) is 8.07. The van der Waals surface area contributed by atoms with Gasteiger partial charge in [-0.3, -0.25) is 4.40 Å². The number of halogens is 2. The molecule has 2 aromatic heterocycles. The van der Waals surface area contributed by atoms with Gasteiger partial charge in [-0.15, -0.1) is 0 Å². The summed E-state index contributed by atoms with van der Waals surface area (Å²) >= 11 is 0. The molecular weight excluding hydrogens is 342 g/mol. The highest BCUT2D eigenvalue weighted by Gasteiger charge is 2.48. The van der Waals surface area contributed by atoms with Crippen LogP contribution in [0, 0.1) is 6.92 Å². The maximum atomic E-state index is 15.0. The van der Waals surface area contributed by atoms with E-state index in [9.17, 15) is 13.6 Å². The van der Waals surface area contributed by atoms with Gasteiger partial charge in [0.1, 0.15) is 17.1 Å². The lowest BCUT2D eigenvalue weighted by Crippen LogP contribution is -2.30. The fraction of sp³-hybridized carbons (Fsp3) is 0.263. The summed E-state index contributed by atoms with van der Waals surface area (Å²) in [5.41, 5.74) is 1.04. The number of aryl methyl sites for hydroxylation is 1. The van der Waals surface area contributed by atoms with E-state index in [0.29, 0.717) is 22.5 Å². The third-order valence-corrected chi connectivity index (χ3v) is 4.04. The Hall–Kier alpha value is -2.96. The molecule has 1 aromatic carbocycles. The summed E-state index contributed by atoms with van der Waals surface area (Å²) in [5.74, 6) is -4.86. The van der Waals surface area contributed by atoms with Gasteiger partial charge in [-0.1, -0.05) is 6.07 Å². The number of carbonyl (C=O) groups excluding carboxylic acids is 1. The predicted octanol–water partition coefficient (Wildman–Crippen LogP) is 3.97. The standard InChI is InChI=1S/C19H18F2N2O3/c1-4-26-18(24)19(20,21)16-15(13-7-9-14(25-3)10-8-13)22-17-12(2)6-5-11-23(16)17/h5-11H,4H2,1-3H3. The molecule has 2 heterocycles. The van der Waals surface area contributed by atoms with Crippen LogP contribution in [0.15, 0.2) is 42.6 Å². The van der Waals surface area contributed by atoms with Crippen LogP contribution >= 0.6 is 0 Å². The fourth-order valence-electron chi connectivity index (χ4n) is 2.77. The van der Waals surface area contributed by atoms with Crippen molar-refractivity contribution in [1.82, 2.24) is 9.38 Å². The van der Waals surface area contributed by atoms with E-state index in [1.54, 1.807) is 43.3 Å². The van der Waals surface area contributed by atoms with Crippen LogP contribution in [0.2, 0.25) is 0 Å². The molecule has 0 radical (unpaired) electrons. The van der Waals surface area contributed by atoms with Gasteiger partial charge in [-0.2, -0.15) is 8.78 Å². The number of hydrogen-bond acceptors (Lipinski definition) is 4. The minimum absolute atomic E-state index is 0.0278. The zero-order chi connectivity index (χ0) is 18.9. The Morgan fingerprint density at radius 3 is 2.54 bits per heavy atom. The van der Waals surface area contributed by atoms with Crippen molar-refractivity contribution in [2.24, 2.45) is 0 Å². The molecule has 0 spiro atoms. The second kappa shape index (κ2) is 6.74. The third kappa shape index (κ3) is 2.89. The SMILES string of the molecule is CCOC(=O)C(F)(F)c1c(-c2ccc(OC)cc2)nc2c(C)cccn12. The molecule has 0 saturated heterocycles. The first kappa shape index (κ1) is 17.8. The maximum absolute atomic E-state index is 15.0. The summed E-state index contributed by atoms with van der Waals surface area (Å²) in [7, 11) is 1.52. The van der Waals surface area contributed by atoms with Crippen molar-refractivity contribution in [3.63, 3.8) is 0 Å². The van der Waals surface area contributed by atoms with Crippen molar-refractivity contribution in [3.05, 3.63) is 53.9 Å². The fourth-order valence-corrected chi connectivity index (χ4v) is 2.77. The first-order chi connectivity index (χ1) is 12.4. The number of pyridine rings is 1. The van der Waals surface area contributed by atoms with E-state index in [1.807, 2.05) is 0 Å². The second-order valence-electron chi connectivity index (χ2n) is 5.72. The monoisotopic (exact) mass is 360 g/mol. The van der Waals surface area contributed by atoms with Crippen LogP contribution < -0.4 is 4.74 Å². The van der Waals surface area contributed by atoms with Crippen LogP contribution in [0.4, 0.5) is 8.78 Å². The molecule has 0 bridgehead atoms. The second-order valence-corrected chi connectivity index (χ2v) is 5.72. The van der Waals surface area contributed by atoms with Gasteiger partial charge in [0.2, 0.25) is 0 Å². The zero-order valence-electron chi connectivity index (χ0n) is 14.6. The van der Waals surface area contributed by atoms with Crippen LogP contribution in [0.25, 0.3) is 16.9 Å². The lowest BCUT2D eigenvalue weighted by Gasteiger charge is -2.16. The molecular formula is C19H18F2N2O3. The van der Waals surface area contributed by atoms with Gasteiger partial charge in [-0.25, -0.2) is 9.78 Å². The summed E-state index contributed by atoms with van der Waals surface area (Å²) < 4.78 is 40.9. The predicted molar refractivity (Wildman–Crippen MR) is 92.4 cm³/mol. The number of methoxy groups -OCH3 is 1. The summed E-state index contributed by atoms with van der Waals surface area (Å²) in [5, 5.41) is 0. The molecule has 5 nitrogen and oxygen atoms in total. The number of esters is 1. The minimum atomic E-state index is -3.85. The molecule has 26 heavy (non-hydrogen) atoms. The van der Waals surface area contributed by atoms with Crippen LogP contribution in [-0.2, 0) is 15.5 Å². The van der Waals surface area contributed by atoms with E-state index in [2.05, 4.69) is 9.72 Å². The number of aromatic nitrogens is 2. The van der Waals surface area contributed by atoms with Crippen molar-refractivity contribution in [2.75, 3.05) is 13.7 Å². The van der Waals surface area contributed by atoms with Gasteiger partial charge < -0.3 is 9.47 Å². The van der Waals surface area contributed by atoms with Crippen LogP contribution in [0.5, 0.6) is 5.75 Å². The molecule has 0 saturated carbocycles. The summed E-state index contributed by atoms with van der Waals surface area (Å²) in [4.78, 5) is 16.3. The first-order valence-electron chi connectivity index (χ1n) is 8.07. The molecule has 7 heteroatoms. The summed E-state index contributed by atoms with van der Waals surface area (Å²) in [6.45, 7) is 3.12. The topological polar surface area (TPSA) is 52.8 Å². The van der Waals surface area contributed by atoms with Crippen molar-refractivity contribution in [1.29, 1.82) is 0 Å². The quantitative estimate of drug-likeness (QED) is 0.646. The maximum Gasteiger partial charge on any atom is 0.385 e. The van der Waals surface area contributed by atoms with Crippen molar-refractivity contribution in [3.8, 4) is 17.0 Å². The number of ether oxygens (including phenoxy) is 2. The zero-order valence-corrected chi connectivity index (χ0v) is 14.6. The van der Waals surface area contributed by atoms with E-state index >= 15 is 0 Å². The molecule has 0 aliphatic rings. The number of imidazole rings is 1. The Labute approximate surface area is 149 Å². The van der Waals surface area contributed by atoms with E-state index in [1.165, 1.54) is 24.6 Å². The molecule has 0 unspecified atom stereocenters. The van der Waals surface area contributed by atoms with Gasteiger partial charge >= 0.3 is 11.9 Å². The Balaban J connectivity index is 2.28. The lowest BCUT2D eigenvalue weighted by molar-refractivity contribution is -0.173. The number of hydrogen-bond donors (Lipinski definition) is 0. The molecule has 0 aliphatic heterocycles. The largest absolute Gasteiger partial charge is 0.497 e. The van der Waals surface area contributed by atoms with Gasteiger partial charge in [0.05, 0.1) is 19.4 Å². The van der Waals surface area contributed by atoms with E-state index < -0.39 is 17.6 Å². The average Bonchev–Trinajstić information content (AvgIpc) is 3.03. The summed E-state index contributed by atoms with van der Waals surface area (Å²) in [6.07, 6.45) is 1.46.